The Morgan fingerprint density at radius 3 is 2.73 bits per heavy atom. The second kappa shape index (κ2) is 8.18. The Hall–Kier alpha value is -2.74. The van der Waals surface area contributed by atoms with Crippen LogP contribution >= 0.6 is 11.6 Å². The number of aromatic amines is 1. The highest BCUT2D eigenvalue weighted by Gasteiger charge is 2.33. The van der Waals surface area contributed by atoms with Crippen LogP contribution in [0.1, 0.15) is 43.0 Å². The standard InChI is InChI=1S/C21H20ClF3N4O/c22-16-9-8-14(11-15(16)21(23,24)25)27-20(30)26-13-5-3-4-12(10-13)19-28-17-6-1-2-7-18(17)29-19/h1-2,6-9,11-13H,3-5,10H2,(H,28,29)(H2,26,27,30). The fraction of sp³-hybridized carbons (Fsp3) is 0.333. The Kier molecular flexibility index (Phi) is 5.60. The number of carbonyl (C=O) groups is 1. The molecule has 3 N–H and O–H groups in total. The van der Waals surface area contributed by atoms with Crippen molar-refractivity contribution in [2.75, 3.05) is 5.32 Å². The van der Waals surface area contributed by atoms with Crippen molar-refractivity contribution in [1.82, 2.24) is 15.3 Å². The number of hydrogen-bond donors (Lipinski definition) is 3. The van der Waals surface area contributed by atoms with Crippen molar-refractivity contribution in [3.63, 3.8) is 0 Å². The predicted molar refractivity (Wildman–Crippen MR) is 110 cm³/mol. The van der Waals surface area contributed by atoms with Gasteiger partial charge in [-0.25, -0.2) is 9.78 Å². The first-order valence-corrected chi connectivity index (χ1v) is 10.1. The molecule has 1 saturated carbocycles. The lowest BCUT2D eigenvalue weighted by atomic mass is 9.85. The van der Waals surface area contributed by atoms with E-state index < -0.39 is 22.8 Å². The molecule has 2 aromatic carbocycles. The van der Waals surface area contributed by atoms with Crippen molar-refractivity contribution < 1.29 is 18.0 Å². The Morgan fingerprint density at radius 2 is 1.97 bits per heavy atom. The van der Waals surface area contributed by atoms with E-state index in [2.05, 4.69) is 20.6 Å². The summed E-state index contributed by atoms with van der Waals surface area (Å²) in [5.41, 5.74) is 0.936. The Balaban J connectivity index is 1.40. The van der Waals surface area contributed by atoms with E-state index >= 15 is 0 Å². The van der Waals surface area contributed by atoms with Gasteiger partial charge in [0.15, 0.2) is 0 Å². The van der Waals surface area contributed by atoms with Gasteiger partial charge in [0.2, 0.25) is 0 Å². The maximum absolute atomic E-state index is 13.0. The number of nitrogens with one attached hydrogen (secondary N) is 3. The Morgan fingerprint density at radius 1 is 1.17 bits per heavy atom. The molecule has 1 aliphatic carbocycles. The molecule has 1 heterocycles. The summed E-state index contributed by atoms with van der Waals surface area (Å²) in [5.74, 6) is 1.08. The number of alkyl halides is 3. The number of nitrogens with zero attached hydrogens (tertiary/aromatic N) is 1. The predicted octanol–water partition coefficient (Wildman–Crippen LogP) is 6.08. The first-order chi connectivity index (χ1) is 14.3. The Labute approximate surface area is 176 Å². The van der Waals surface area contributed by atoms with Gasteiger partial charge in [0.1, 0.15) is 5.82 Å². The number of rotatable bonds is 3. The lowest BCUT2D eigenvalue weighted by molar-refractivity contribution is -0.137. The number of H-pyrrole nitrogens is 1. The molecule has 3 aromatic rings. The molecule has 158 valence electrons. The summed E-state index contributed by atoms with van der Waals surface area (Å²) in [6.45, 7) is 0. The molecule has 0 aliphatic heterocycles. The van der Waals surface area contributed by atoms with Gasteiger partial charge in [-0.2, -0.15) is 13.2 Å². The molecule has 4 rings (SSSR count). The number of carbonyl (C=O) groups excluding carboxylic acids is 1. The third-order valence-electron chi connectivity index (χ3n) is 5.33. The topological polar surface area (TPSA) is 69.8 Å². The average Bonchev–Trinajstić information content (AvgIpc) is 3.13. The van der Waals surface area contributed by atoms with Crippen LogP contribution in [0.2, 0.25) is 5.02 Å². The number of para-hydroxylation sites is 2. The minimum atomic E-state index is -4.59. The molecule has 0 bridgehead atoms. The van der Waals surface area contributed by atoms with E-state index in [-0.39, 0.29) is 17.6 Å². The molecule has 30 heavy (non-hydrogen) atoms. The molecule has 1 fully saturated rings. The van der Waals surface area contributed by atoms with Crippen molar-refractivity contribution in [2.45, 2.75) is 43.8 Å². The number of halogens is 4. The van der Waals surface area contributed by atoms with E-state index in [1.165, 1.54) is 6.07 Å². The van der Waals surface area contributed by atoms with E-state index in [0.717, 1.165) is 48.3 Å². The summed E-state index contributed by atoms with van der Waals surface area (Å²) >= 11 is 5.62. The number of urea groups is 1. The van der Waals surface area contributed by atoms with Crippen LogP contribution in [0.5, 0.6) is 0 Å². The van der Waals surface area contributed by atoms with Crippen LogP contribution in [0.15, 0.2) is 42.5 Å². The summed E-state index contributed by atoms with van der Waals surface area (Å²) in [5, 5.41) is 4.93. The summed E-state index contributed by atoms with van der Waals surface area (Å²) < 4.78 is 39.0. The minimum Gasteiger partial charge on any atom is -0.342 e. The van der Waals surface area contributed by atoms with Gasteiger partial charge in [0.05, 0.1) is 21.6 Å². The van der Waals surface area contributed by atoms with Gasteiger partial charge in [-0.1, -0.05) is 30.2 Å². The number of fused-ring (bicyclic) bond motifs is 1. The van der Waals surface area contributed by atoms with E-state index in [1.54, 1.807) is 0 Å². The normalized spacial score (nSPS) is 19.6. The van der Waals surface area contributed by atoms with Crippen molar-refractivity contribution >= 4 is 34.4 Å². The molecule has 2 unspecified atom stereocenters. The van der Waals surface area contributed by atoms with E-state index in [0.29, 0.717) is 6.42 Å². The lowest BCUT2D eigenvalue weighted by Gasteiger charge is -2.28. The molecular weight excluding hydrogens is 417 g/mol. The maximum atomic E-state index is 13.0. The van der Waals surface area contributed by atoms with Crippen LogP contribution < -0.4 is 10.6 Å². The monoisotopic (exact) mass is 436 g/mol. The molecule has 2 atom stereocenters. The molecule has 9 heteroatoms. The van der Waals surface area contributed by atoms with Gasteiger partial charge in [-0.15, -0.1) is 0 Å². The minimum absolute atomic E-state index is 0.0360. The average molecular weight is 437 g/mol. The highest BCUT2D eigenvalue weighted by Crippen LogP contribution is 2.36. The van der Waals surface area contributed by atoms with Crippen LogP contribution in [0.4, 0.5) is 23.7 Å². The third kappa shape index (κ3) is 4.53. The zero-order chi connectivity index (χ0) is 21.3. The fourth-order valence-electron chi connectivity index (χ4n) is 3.91. The number of benzene rings is 2. The van der Waals surface area contributed by atoms with Crippen LogP contribution in [0, 0.1) is 0 Å². The maximum Gasteiger partial charge on any atom is 0.417 e. The summed E-state index contributed by atoms with van der Waals surface area (Å²) in [6.07, 6.45) is -1.19. The highest BCUT2D eigenvalue weighted by atomic mass is 35.5. The van der Waals surface area contributed by atoms with E-state index in [1.807, 2.05) is 24.3 Å². The van der Waals surface area contributed by atoms with Gasteiger partial charge in [0.25, 0.3) is 0 Å². The number of amides is 2. The first kappa shape index (κ1) is 20.5. The van der Waals surface area contributed by atoms with Gasteiger partial charge < -0.3 is 15.6 Å². The van der Waals surface area contributed by atoms with E-state index in [4.69, 9.17) is 11.6 Å². The van der Waals surface area contributed by atoms with Gasteiger partial charge in [0, 0.05) is 17.6 Å². The molecule has 5 nitrogen and oxygen atoms in total. The SMILES string of the molecule is O=C(Nc1ccc(Cl)c(C(F)(F)F)c1)NC1CCCC(c2nc3ccccc3[nH]2)C1. The molecule has 2 amide bonds. The highest BCUT2D eigenvalue weighted by molar-refractivity contribution is 6.31. The largest absolute Gasteiger partial charge is 0.417 e. The molecule has 0 spiro atoms. The third-order valence-corrected chi connectivity index (χ3v) is 5.66. The summed E-state index contributed by atoms with van der Waals surface area (Å²) in [6, 6.07) is 10.5. The molecule has 0 radical (unpaired) electrons. The number of anilines is 1. The Bertz CT molecular complexity index is 1030. The fourth-order valence-corrected chi connectivity index (χ4v) is 4.13. The smallest absolute Gasteiger partial charge is 0.342 e. The molecule has 0 saturated heterocycles. The number of imidazole rings is 1. The van der Waals surface area contributed by atoms with Crippen LogP contribution in [-0.4, -0.2) is 22.0 Å². The second-order valence-electron chi connectivity index (χ2n) is 7.49. The van der Waals surface area contributed by atoms with Gasteiger partial charge in [-0.05, 0) is 49.6 Å². The first-order valence-electron chi connectivity index (χ1n) is 9.68. The van der Waals surface area contributed by atoms with Crippen LogP contribution in [0.3, 0.4) is 0 Å². The van der Waals surface area contributed by atoms with E-state index in [9.17, 15) is 18.0 Å². The van der Waals surface area contributed by atoms with Crippen molar-refractivity contribution in [3.8, 4) is 0 Å². The van der Waals surface area contributed by atoms with Crippen molar-refractivity contribution in [3.05, 3.63) is 58.9 Å². The van der Waals surface area contributed by atoms with Crippen molar-refractivity contribution in [2.24, 2.45) is 0 Å². The second-order valence-corrected chi connectivity index (χ2v) is 7.90. The number of hydrogen-bond acceptors (Lipinski definition) is 2. The van der Waals surface area contributed by atoms with Crippen molar-refractivity contribution in [1.29, 1.82) is 0 Å². The molecule has 1 aliphatic rings. The molecular formula is C21H20ClF3N4O. The zero-order valence-corrected chi connectivity index (χ0v) is 16.6. The summed E-state index contributed by atoms with van der Waals surface area (Å²) in [7, 11) is 0. The zero-order valence-electron chi connectivity index (χ0n) is 15.9. The number of aromatic nitrogens is 2. The van der Waals surface area contributed by atoms with Crippen LogP contribution in [-0.2, 0) is 6.18 Å². The van der Waals surface area contributed by atoms with Gasteiger partial charge >= 0.3 is 12.2 Å². The van der Waals surface area contributed by atoms with Crippen LogP contribution in [0.25, 0.3) is 11.0 Å². The van der Waals surface area contributed by atoms with Gasteiger partial charge in [-0.3, -0.25) is 0 Å². The summed E-state index contributed by atoms with van der Waals surface area (Å²) in [4.78, 5) is 20.4. The molecule has 1 aromatic heterocycles. The lowest BCUT2D eigenvalue weighted by Crippen LogP contribution is -2.40. The quantitative estimate of drug-likeness (QED) is 0.465.